The summed E-state index contributed by atoms with van der Waals surface area (Å²) in [6, 6.07) is 0. The number of aliphatic hydroxyl groups excluding tert-OH is 2. The largest absolute Gasteiger partial charge is 0.394 e. The van der Waals surface area contributed by atoms with Crippen LogP contribution in [0.1, 0.15) is 0 Å². The molecule has 1 radical (unpaired) electrons. The minimum atomic E-state index is -3.62. The van der Waals surface area contributed by atoms with E-state index in [0.29, 0.717) is 0 Å². The summed E-state index contributed by atoms with van der Waals surface area (Å²) in [5, 5.41) is 17.9. The quantitative estimate of drug-likeness (QED) is 0.537. The van der Waals surface area contributed by atoms with Crippen molar-refractivity contribution in [2.24, 2.45) is 0 Å². The molecule has 0 aromatic carbocycles. The van der Waals surface area contributed by atoms with Crippen molar-refractivity contribution in [3.05, 3.63) is 6.61 Å². The topological polar surface area (TPSA) is 93.1 Å². The Kier molecular flexibility index (Phi) is 3.25. The Morgan fingerprint density at radius 3 is 2.62 bits per heavy atom. The van der Waals surface area contributed by atoms with Crippen LogP contribution in [0.2, 0.25) is 0 Å². The third-order valence-corrected chi connectivity index (χ3v) is 2.14. The summed E-state index contributed by atoms with van der Waals surface area (Å²) in [6.45, 7) is 0.674. The third-order valence-electron chi connectivity index (χ3n) is 1.57. The predicted molar refractivity (Wildman–Crippen MR) is 42.0 cm³/mol. The van der Waals surface area contributed by atoms with E-state index in [1.807, 2.05) is 0 Å². The molecule has 0 bridgehead atoms. The molecule has 3 atom stereocenters. The SMILES string of the molecule is CS(=O)(=O)OC1[CH]OC(CO)C1O. The molecule has 7 heteroatoms. The summed E-state index contributed by atoms with van der Waals surface area (Å²) in [4.78, 5) is 0. The van der Waals surface area contributed by atoms with Crippen LogP contribution in [0.25, 0.3) is 0 Å². The number of rotatable bonds is 3. The standard InChI is InChI=1S/C6H11O6S/c1-13(9,10)12-5-3-11-4(2-7)6(5)8/h3-8H,2H2,1H3. The van der Waals surface area contributed by atoms with Crippen LogP contribution < -0.4 is 0 Å². The Labute approximate surface area is 76.2 Å². The van der Waals surface area contributed by atoms with Gasteiger partial charge in [-0.3, -0.25) is 4.18 Å². The Balaban J connectivity index is 2.55. The molecule has 0 amide bonds. The molecule has 2 N–H and O–H groups in total. The van der Waals surface area contributed by atoms with Gasteiger partial charge in [-0.15, -0.1) is 0 Å². The number of aliphatic hydroxyl groups is 2. The van der Waals surface area contributed by atoms with Crippen molar-refractivity contribution in [2.45, 2.75) is 18.3 Å². The maximum Gasteiger partial charge on any atom is 0.264 e. The lowest BCUT2D eigenvalue weighted by molar-refractivity contribution is 0.00199. The highest BCUT2D eigenvalue weighted by Gasteiger charge is 2.38. The third kappa shape index (κ3) is 2.89. The van der Waals surface area contributed by atoms with Gasteiger partial charge in [-0.05, 0) is 0 Å². The summed E-state index contributed by atoms with van der Waals surface area (Å²) in [5.74, 6) is 0. The zero-order valence-electron chi connectivity index (χ0n) is 6.95. The highest BCUT2D eigenvalue weighted by atomic mass is 32.2. The van der Waals surface area contributed by atoms with Crippen LogP contribution in [0.4, 0.5) is 0 Å². The van der Waals surface area contributed by atoms with Crippen molar-refractivity contribution in [2.75, 3.05) is 12.9 Å². The van der Waals surface area contributed by atoms with E-state index in [-0.39, 0.29) is 6.61 Å². The summed E-state index contributed by atoms with van der Waals surface area (Å²) in [7, 11) is -3.62. The van der Waals surface area contributed by atoms with Crippen molar-refractivity contribution in [1.29, 1.82) is 0 Å². The molecule has 0 aromatic rings. The number of ether oxygens (including phenoxy) is 1. The van der Waals surface area contributed by atoms with E-state index in [0.717, 1.165) is 12.9 Å². The molecule has 13 heavy (non-hydrogen) atoms. The minimum Gasteiger partial charge on any atom is -0.394 e. The van der Waals surface area contributed by atoms with Crippen LogP contribution in [-0.4, -0.2) is 49.8 Å². The van der Waals surface area contributed by atoms with Gasteiger partial charge in [0.25, 0.3) is 10.1 Å². The fraction of sp³-hybridized carbons (Fsp3) is 0.833. The second kappa shape index (κ2) is 3.89. The summed E-state index contributed by atoms with van der Waals surface area (Å²) < 4.78 is 30.5. The molecule has 1 rings (SSSR count). The van der Waals surface area contributed by atoms with E-state index in [1.54, 1.807) is 0 Å². The maximum absolute atomic E-state index is 10.7. The van der Waals surface area contributed by atoms with Crippen LogP contribution in [0.15, 0.2) is 0 Å². The lowest BCUT2D eigenvalue weighted by Crippen LogP contribution is -2.34. The molecule has 1 aliphatic rings. The summed E-state index contributed by atoms with van der Waals surface area (Å²) >= 11 is 0. The molecule has 1 aliphatic heterocycles. The zero-order chi connectivity index (χ0) is 10.1. The Bertz CT molecular complexity index is 260. The van der Waals surface area contributed by atoms with Crippen LogP contribution in [0.5, 0.6) is 0 Å². The van der Waals surface area contributed by atoms with Gasteiger partial charge in [-0.2, -0.15) is 8.42 Å². The zero-order valence-corrected chi connectivity index (χ0v) is 7.77. The maximum atomic E-state index is 10.7. The van der Waals surface area contributed by atoms with Crippen molar-refractivity contribution in [3.8, 4) is 0 Å². The molecule has 6 nitrogen and oxygen atoms in total. The molecule has 0 aliphatic carbocycles. The van der Waals surface area contributed by atoms with Gasteiger partial charge in [0.2, 0.25) is 0 Å². The van der Waals surface area contributed by atoms with Crippen LogP contribution in [0, 0.1) is 6.61 Å². The van der Waals surface area contributed by atoms with Crippen LogP contribution >= 0.6 is 0 Å². The van der Waals surface area contributed by atoms with Gasteiger partial charge < -0.3 is 14.9 Å². The van der Waals surface area contributed by atoms with Gasteiger partial charge in [0.05, 0.1) is 12.9 Å². The monoisotopic (exact) mass is 211 g/mol. The van der Waals surface area contributed by atoms with Crippen molar-refractivity contribution in [3.63, 3.8) is 0 Å². The molecule has 1 fully saturated rings. The van der Waals surface area contributed by atoms with Gasteiger partial charge in [0, 0.05) is 0 Å². The molecule has 0 saturated carbocycles. The normalized spacial score (nSPS) is 35.2. The van der Waals surface area contributed by atoms with E-state index in [2.05, 4.69) is 4.18 Å². The number of hydrogen-bond acceptors (Lipinski definition) is 6. The highest BCUT2D eigenvalue weighted by Crippen LogP contribution is 2.21. The predicted octanol–water partition coefficient (Wildman–Crippen LogP) is -1.76. The molecular weight excluding hydrogens is 200 g/mol. The first-order chi connectivity index (χ1) is 5.94. The van der Waals surface area contributed by atoms with Crippen molar-refractivity contribution >= 4 is 10.1 Å². The first kappa shape index (κ1) is 10.9. The van der Waals surface area contributed by atoms with Gasteiger partial charge >= 0.3 is 0 Å². The molecule has 3 unspecified atom stereocenters. The van der Waals surface area contributed by atoms with E-state index in [9.17, 15) is 13.5 Å². The summed E-state index contributed by atoms with van der Waals surface area (Å²) in [6.07, 6.45) is -2.13. The lowest BCUT2D eigenvalue weighted by atomic mass is 10.2. The number of hydrogen-bond donors (Lipinski definition) is 2. The fourth-order valence-electron chi connectivity index (χ4n) is 0.983. The van der Waals surface area contributed by atoms with E-state index in [4.69, 9.17) is 9.84 Å². The smallest absolute Gasteiger partial charge is 0.264 e. The van der Waals surface area contributed by atoms with Gasteiger partial charge in [0.15, 0.2) is 0 Å². The average Bonchev–Trinajstić information content (AvgIpc) is 2.30. The summed E-state index contributed by atoms with van der Waals surface area (Å²) in [5.41, 5.74) is 0. The van der Waals surface area contributed by atoms with Gasteiger partial charge in [-0.25, -0.2) is 0 Å². The van der Waals surface area contributed by atoms with E-state index >= 15 is 0 Å². The van der Waals surface area contributed by atoms with Crippen molar-refractivity contribution in [1.82, 2.24) is 0 Å². The first-order valence-corrected chi connectivity index (χ1v) is 5.41. The minimum absolute atomic E-state index is 0.388. The Hall–Kier alpha value is -0.210. The molecular formula is C6H11O6S. The van der Waals surface area contributed by atoms with E-state index in [1.165, 1.54) is 0 Å². The van der Waals surface area contributed by atoms with Gasteiger partial charge in [0.1, 0.15) is 24.9 Å². The Morgan fingerprint density at radius 1 is 1.62 bits per heavy atom. The molecule has 1 heterocycles. The molecule has 77 valence electrons. The van der Waals surface area contributed by atoms with E-state index < -0.39 is 28.4 Å². The molecule has 1 saturated heterocycles. The molecule has 0 aromatic heterocycles. The van der Waals surface area contributed by atoms with Crippen molar-refractivity contribution < 1.29 is 27.6 Å². The molecule has 0 spiro atoms. The first-order valence-electron chi connectivity index (χ1n) is 3.60. The Morgan fingerprint density at radius 2 is 2.23 bits per heavy atom. The highest BCUT2D eigenvalue weighted by molar-refractivity contribution is 7.86. The fourth-order valence-corrected chi connectivity index (χ4v) is 1.55. The van der Waals surface area contributed by atoms with Crippen LogP contribution in [-0.2, 0) is 19.0 Å². The second-order valence-electron chi connectivity index (χ2n) is 2.75. The lowest BCUT2D eigenvalue weighted by Gasteiger charge is -2.14. The average molecular weight is 211 g/mol. The van der Waals surface area contributed by atoms with Gasteiger partial charge in [-0.1, -0.05) is 0 Å². The van der Waals surface area contributed by atoms with Crippen LogP contribution in [0.3, 0.4) is 0 Å². The second-order valence-corrected chi connectivity index (χ2v) is 4.35.